The molecule has 0 radical (unpaired) electrons. The van der Waals surface area contributed by atoms with E-state index in [1.165, 1.54) is 5.41 Å². The van der Waals surface area contributed by atoms with Crippen LogP contribution in [0.5, 0.6) is 0 Å². The Hall–Kier alpha value is -1.59. The fourth-order valence-corrected chi connectivity index (χ4v) is 4.13. The minimum Gasteiger partial charge on any atom is -0.360 e. The zero-order chi connectivity index (χ0) is 20.3. The zero-order valence-corrected chi connectivity index (χ0v) is 18.1. The van der Waals surface area contributed by atoms with E-state index in [9.17, 15) is 4.79 Å². The van der Waals surface area contributed by atoms with E-state index in [-0.39, 0.29) is 11.9 Å². The second-order valence-corrected chi connectivity index (χ2v) is 8.03. The zero-order valence-electron chi connectivity index (χ0n) is 15.0. The van der Waals surface area contributed by atoms with E-state index in [1.54, 1.807) is 17.0 Å². The maximum Gasteiger partial charge on any atom is 0.253 e. The Morgan fingerprint density at radius 1 is 1.07 bits per heavy atom. The van der Waals surface area contributed by atoms with E-state index in [0.717, 1.165) is 11.3 Å². The number of hydrogen-bond donors (Lipinski definition) is 1. The number of nitrogens with zero attached hydrogens (tertiary/aromatic N) is 2. The summed E-state index contributed by atoms with van der Waals surface area (Å²) in [6, 6.07) is 13.0. The predicted octanol–water partition coefficient (Wildman–Crippen LogP) is 6.04. The van der Waals surface area contributed by atoms with Crippen LogP contribution in [-0.4, -0.2) is 30.4 Å². The van der Waals surface area contributed by atoms with Crippen LogP contribution in [-0.2, 0) is 4.79 Å². The molecule has 2 aromatic carbocycles. The number of anilines is 1. The standard InChI is InChI=1S/C21H19Cl3N2OS/c1-14(8-11-28)21(27)25-9-10-26(19-7-6-17(23)12-18(19)24)20(13-25)15-2-4-16(22)5-3-15/h2-8,11-12,20,28H,1,9-10,13H2/b11-8-. The van der Waals surface area contributed by atoms with Crippen LogP contribution >= 0.6 is 47.4 Å². The van der Waals surface area contributed by atoms with Crippen molar-refractivity contribution in [3.63, 3.8) is 0 Å². The molecule has 1 amide bonds. The SMILES string of the molecule is C=C(/C=C\S)C(=O)N1CCN(c2ccc(Cl)cc2Cl)C(c2ccc(Cl)cc2)C1. The highest BCUT2D eigenvalue weighted by Crippen LogP contribution is 2.37. The molecular formula is C21H19Cl3N2OS. The molecule has 0 spiro atoms. The van der Waals surface area contributed by atoms with Gasteiger partial charge in [0.2, 0.25) is 0 Å². The predicted molar refractivity (Wildman–Crippen MR) is 122 cm³/mol. The third-order valence-corrected chi connectivity index (χ3v) is 5.63. The molecule has 0 aromatic heterocycles. The van der Waals surface area contributed by atoms with Crippen LogP contribution in [0.2, 0.25) is 15.1 Å². The number of rotatable bonds is 4. The van der Waals surface area contributed by atoms with Crippen molar-refractivity contribution in [2.24, 2.45) is 0 Å². The van der Waals surface area contributed by atoms with Gasteiger partial charge in [-0.25, -0.2) is 0 Å². The maximum atomic E-state index is 12.7. The Morgan fingerprint density at radius 2 is 1.75 bits per heavy atom. The Kier molecular flexibility index (Phi) is 7.00. The number of carbonyl (C=O) groups is 1. The van der Waals surface area contributed by atoms with Gasteiger partial charge in [0.15, 0.2) is 0 Å². The van der Waals surface area contributed by atoms with Gasteiger partial charge in [-0.15, -0.1) is 0 Å². The summed E-state index contributed by atoms with van der Waals surface area (Å²) in [6.07, 6.45) is 1.60. The Morgan fingerprint density at radius 3 is 2.39 bits per heavy atom. The molecule has 3 rings (SSSR count). The molecule has 1 heterocycles. The van der Waals surface area contributed by atoms with Crippen LogP contribution in [0, 0.1) is 0 Å². The summed E-state index contributed by atoms with van der Waals surface area (Å²) in [4.78, 5) is 16.7. The highest BCUT2D eigenvalue weighted by Gasteiger charge is 2.32. The molecule has 0 aliphatic carbocycles. The molecule has 1 fully saturated rings. The normalized spacial score (nSPS) is 17.2. The fraction of sp³-hybridized carbons (Fsp3) is 0.190. The number of benzene rings is 2. The number of amides is 1. The fourth-order valence-electron chi connectivity index (χ4n) is 3.30. The summed E-state index contributed by atoms with van der Waals surface area (Å²) in [5.74, 6) is -0.105. The van der Waals surface area contributed by atoms with Gasteiger partial charge in [-0.05, 0) is 47.4 Å². The molecule has 0 bridgehead atoms. The number of carbonyl (C=O) groups excluding carboxylic acids is 1. The van der Waals surface area contributed by atoms with E-state index in [4.69, 9.17) is 34.8 Å². The second kappa shape index (κ2) is 9.27. The smallest absolute Gasteiger partial charge is 0.253 e. The lowest BCUT2D eigenvalue weighted by molar-refractivity contribution is -0.127. The number of piperazine rings is 1. The third-order valence-electron chi connectivity index (χ3n) is 4.69. The maximum absolute atomic E-state index is 12.7. The van der Waals surface area contributed by atoms with Gasteiger partial charge in [0.05, 0.1) is 16.8 Å². The van der Waals surface area contributed by atoms with Crippen molar-refractivity contribution in [1.82, 2.24) is 4.90 Å². The van der Waals surface area contributed by atoms with E-state index in [2.05, 4.69) is 24.1 Å². The summed E-state index contributed by atoms with van der Waals surface area (Å²) in [5.41, 5.74) is 2.33. The first-order valence-electron chi connectivity index (χ1n) is 8.67. The van der Waals surface area contributed by atoms with E-state index in [0.29, 0.717) is 40.3 Å². The van der Waals surface area contributed by atoms with Gasteiger partial charge in [0.25, 0.3) is 5.91 Å². The van der Waals surface area contributed by atoms with Gasteiger partial charge in [-0.1, -0.05) is 53.5 Å². The van der Waals surface area contributed by atoms with E-state index < -0.39 is 0 Å². The van der Waals surface area contributed by atoms with Gasteiger partial charge in [-0.3, -0.25) is 4.79 Å². The monoisotopic (exact) mass is 452 g/mol. The average Bonchev–Trinajstić information content (AvgIpc) is 2.68. The van der Waals surface area contributed by atoms with Gasteiger partial charge in [0.1, 0.15) is 0 Å². The molecule has 1 saturated heterocycles. The minimum absolute atomic E-state index is 0.0820. The molecule has 1 unspecified atom stereocenters. The number of halogens is 3. The second-order valence-electron chi connectivity index (χ2n) is 6.45. The lowest BCUT2D eigenvalue weighted by atomic mass is 10.0. The first-order valence-corrected chi connectivity index (χ1v) is 10.3. The molecule has 0 saturated carbocycles. The molecule has 1 aliphatic rings. The topological polar surface area (TPSA) is 23.6 Å². The van der Waals surface area contributed by atoms with Gasteiger partial charge in [-0.2, -0.15) is 12.6 Å². The van der Waals surface area contributed by atoms with Crippen molar-refractivity contribution in [3.8, 4) is 0 Å². The largest absolute Gasteiger partial charge is 0.360 e. The molecule has 7 heteroatoms. The molecule has 28 heavy (non-hydrogen) atoms. The van der Waals surface area contributed by atoms with Crippen LogP contribution in [0.4, 0.5) is 5.69 Å². The molecule has 3 nitrogen and oxygen atoms in total. The van der Waals surface area contributed by atoms with Crippen molar-refractivity contribution in [1.29, 1.82) is 0 Å². The lowest BCUT2D eigenvalue weighted by Crippen LogP contribution is -2.51. The van der Waals surface area contributed by atoms with Gasteiger partial charge < -0.3 is 9.80 Å². The molecule has 2 aromatic rings. The molecule has 146 valence electrons. The number of hydrogen-bond acceptors (Lipinski definition) is 3. The van der Waals surface area contributed by atoms with Crippen LogP contribution in [0.15, 0.2) is 66.1 Å². The first-order chi connectivity index (χ1) is 13.4. The van der Waals surface area contributed by atoms with Crippen molar-refractivity contribution in [3.05, 3.63) is 86.7 Å². The minimum atomic E-state index is -0.105. The van der Waals surface area contributed by atoms with E-state index in [1.807, 2.05) is 36.4 Å². The summed E-state index contributed by atoms with van der Waals surface area (Å²) in [7, 11) is 0. The van der Waals surface area contributed by atoms with Crippen molar-refractivity contribution in [2.45, 2.75) is 6.04 Å². The first kappa shape index (κ1) is 21.1. The van der Waals surface area contributed by atoms with Crippen LogP contribution in [0.1, 0.15) is 11.6 Å². The van der Waals surface area contributed by atoms with Crippen LogP contribution < -0.4 is 4.90 Å². The Labute approximate surface area is 185 Å². The molecule has 1 atom stereocenters. The van der Waals surface area contributed by atoms with Crippen molar-refractivity contribution < 1.29 is 4.79 Å². The lowest BCUT2D eigenvalue weighted by Gasteiger charge is -2.43. The average molecular weight is 454 g/mol. The summed E-state index contributed by atoms with van der Waals surface area (Å²) >= 11 is 22.6. The molecule has 0 N–H and O–H groups in total. The van der Waals surface area contributed by atoms with Crippen LogP contribution in [0.3, 0.4) is 0 Å². The Bertz CT molecular complexity index is 914. The Balaban J connectivity index is 1.95. The summed E-state index contributed by atoms with van der Waals surface area (Å²) < 4.78 is 0. The summed E-state index contributed by atoms with van der Waals surface area (Å²) in [6.45, 7) is 5.52. The number of thiol groups is 1. The van der Waals surface area contributed by atoms with E-state index >= 15 is 0 Å². The third kappa shape index (κ3) is 4.69. The van der Waals surface area contributed by atoms with Crippen molar-refractivity contribution >= 4 is 59.0 Å². The molecule has 1 aliphatic heterocycles. The van der Waals surface area contributed by atoms with Crippen molar-refractivity contribution in [2.75, 3.05) is 24.5 Å². The van der Waals surface area contributed by atoms with Gasteiger partial charge >= 0.3 is 0 Å². The van der Waals surface area contributed by atoms with Gasteiger partial charge in [0, 0.05) is 35.3 Å². The van der Waals surface area contributed by atoms with Crippen LogP contribution in [0.25, 0.3) is 0 Å². The quantitative estimate of drug-likeness (QED) is 0.347. The summed E-state index contributed by atoms with van der Waals surface area (Å²) in [5, 5.41) is 3.34. The highest BCUT2D eigenvalue weighted by atomic mass is 35.5. The molecular weight excluding hydrogens is 435 g/mol. The highest BCUT2D eigenvalue weighted by molar-refractivity contribution is 7.83.